The van der Waals surface area contributed by atoms with Crippen molar-refractivity contribution in [3.8, 4) is 0 Å². The summed E-state index contributed by atoms with van der Waals surface area (Å²) in [7, 11) is 0. The molecule has 3 nitrogen and oxygen atoms in total. The highest BCUT2D eigenvalue weighted by molar-refractivity contribution is 5.85. The number of nitrogens with zero attached hydrogens (tertiary/aromatic N) is 1. The first-order valence-electron chi connectivity index (χ1n) is 8.75. The van der Waals surface area contributed by atoms with Crippen molar-refractivity contribution in [1.82, 2.24) is 4.90 Å². The van der Waals surface area contributed by atoms with Gasteiger partial charge in [0.2, 0.25) is 5.91 Å². The Balaban J connectivity index is 0.00000264. The Labute approximate surface area is 147 Å². The van der Waals surface area contributed by atoms with Crippen molar-refractivity contribution in [3.05, 3.63) is 35.9 Å². The normalized spacial score (nSPS) is 21.8. The smallest absolute Gasteiger partial charge is 0.225 e. The van der Waals surface area contributed by atoms with Crippen LogP contribution in [0, 0.1) is 11.8 Å². The van der Waals surface area contributed by atoms with Crippen LogP contribution >= 0.6 is 12.4 Å². The van der Waals surface area contributed by atoms with Gasteiger partial charge in [-0.25, -0.2) is 0 Å². The van der Waals surface area contributed by atoms with E-state index in [1.165, 1.54) is 5.56 Å². The molecule has 0 saturated carbocycles. The van der Waals surface area contributed by atoms with Gasteiger partial charge in [-0.3, -0.25) is 4.79 Å². The summed E-state index contributed by atoms with van der Waals surface area (Å²) in [4.78, 5) is 14.9. The molecule has 0 aliphatic carbocycles. The van der Waals surface area contributed by atoms with E-state index in [9.17, 15) is 4.79 Å². The Bertz CT molecular complexity index is 466. The Kier molecular flexibility index (Phi) is 8.64. The van der Waals surface area contributed by atoms with Crippen LogP contribution in [0.4, 0.5) is 0 Å². The lowest BCUT2D eigenvalue weighted by Gasteiger charge is -2.23. The van der Waals surface area contributed by atoms with Gasteiger partial charge in [0.25, 0.3) is 0 Å². The van der Waals surface area contributed by atoms with E-state index in [2.05, 4.69) is 43.0 Å². The third-order valence-corrected chi connectivity index (χ3v) is 5.03. The van der Waals surface area contributed by atoms with Crippen molar-refractivity contribution < 1.29 is 4.79 Å². The Morgan fingerprint density at radius 3 is 2.52 bits per heavy atom. The van der Waals surface area contributed by atoms with Crippen molar-refractivity contribution >= 4 is 18.3 Å². The van der Waals surface area contributed by atoms with Gasteiger partial charge in [0.15, 0.2) is 0 Å². The van der Waals surface area contributed by atoms with Crippen molar-refractivity contribution in [2.24, 2.45) is 17.6 Å². The minimum absolute atomic E-state index is 0. The number of unbranched alkanes of at least 4 members (excludes halogenated alkanes) is 1. The molecule has 0 spiro atoms. The van der Waals surface area contributed by atoms with Crippen molar-refractivity contribution in [2.45, 2.75) is 45.4 Å². The maximum Gasteiger partial charge on any atom is 0.225 e. The molecule has 1 heterocycles. The van der Waals surface area contributed by atoms with Crippen molar-refractivity contribution in [3.63, 3.8) is 0 Å². The van der Waals surface area contributed by atoms with Gasteiger partial charge in [-0.05, 0) is 30.9 Å². The molecule has 0 radical (unpaired) electrons. The van der Waals surface area contributed by atoms with Gasteiger partial charge >= 0.3 is 0 Å². The molecule has 1 aliphatic heterocycles. The fraction of sp³-hybridized carbons (Fsp3) is 0.632. The highest BCUT2D eigenvalue weighted by Gasteiger charge is 2.36. The van der Waals surface area contributed by atoms with E-state index >= 15 is 0 Å². The summed E-state index contributed by atoms with van der Waals surface area (Å²) in [5.41, 5.74) is 7.29. The van der Waals surface area contributed by atoms with Gasteiger partial charge in [0, 0.05) is 24.9 Å². The second-order valence-corrected chi connectivity index (χ2v) is 6.50. The zero-order chi connectivity index (χ0) is 15.9. The van der Waals surface area contributed by atoms with Crippen LogP contribution in [0.2, 0.25) is 0 Å². The van der Waals surface area contributed by atoms with Crippen LogP contribution in [-0.4, -0.2) is 30.4 Å². The van der Waals surface area contributed by atoms with Crippen LogP contribution in [0.3, 0.4) is 0 Å². The molecule has 1 aromatic carbocycles. The summed E-state index contributed by atoms with van der Waals surface area (Å²) < 4.78 is 0. The van der Waals surface area contributed by atoms with Crippen LogP contribution in [-0.2, 0) is 4.79 Å². The second-order valence-electron chi connectivity index (χ2n) is 6.50. The van der Waals surface area contributed by atoms with E-state index in [-0.39, 0.29) is 18.3 Å². The first-order chi connectivity index (χ1) is 10.7. The first kappa shape index (κ1) is 20.0. The summed E-state index contributed by atoms with van der Waals surface area (Å²) in [6.07, 6.45) is 4.26. The standard InChI is InChI=1S/C19H30N2O.ClH/c1-3-5-9-15(4-2)19(22)21-13-17(12-20)18(14-21)16-10-7-6-8-11-16;/h6-8,10-11,15,17-18H,3-5,9,12-14,20H2,1-2H3;1H/t15?,17-,18+;/m1./s1. The number of rotatable bonds is 7. The largest absolute Gasteiger partial charge is 0.341 e. The van der Waals surface area contributed by atoms with Crippen LogP contribution < -0.4 is 5.73 Å². The molecule has 1 aliphatic rings. The van der Waals surface area contributed by atoms with Gasteiger partial charge in [-0.15, -0.1) is 12.4 Å². The molecule has 4 heteroatoms. The number of carbonyl (C=O) groups is 1. The lowest BCUT2D eigenvalue weighted by Crippen LogP contribution is -2.35. The topological polar surface area (TPSA) is 46.3 Å². The summed E-state index contributed by atoms with van der Waals surface area (Å²) in [5, 5.41) is 0. The quantitative estimate of drug-likeness (QED) is 0.821. The molecule has 1 amide bonds. The zero-order valence-electron chi connectivity index (χ0n) is 14.4. The van der Waals surface area contributed by atoms with E-state index in [0.717, 1.165) is 38.8 Å². The van der Waals surface area contributed by atoms with Gasteiger partial charge < -0.3 is 10.6 Å². The average Bonchev–Trinajstić information content (AvgIpc) is 3.00. The first-order valence-corrected chi connectivity index (χ1v) is 8.75. The molecule has 1 unspecified atom stereocenters. The Morgan fingerprint density at radius 1 is 1.26 bits per heavy atom. The van der Waals surface area contributed by atoms with Gasteiger partial charge in [0.05, 0.1) is 0 Å². The predicted molar refractivity (Wildman–Crippen MR) is 98.9 cm³/mol. The molecule has 23 heavy (non-hydrogen) atoms. The third kappa shape index (κ3) is 4.95. The molecule has 1 saturated heterocycles. The number of benzene rings is 1. The van der Waals surface area contributed by atoms with Gasteiger partial charge in [-0.2, -0.15) is 0 Å². The summed E-state index contributed by atoms with van der Waals surface area (Å²) in [6, 6.07) is 10.5. The highest BCUT2D eigenvalue weighted by Crippen LogP contribution is 2.33. The minimum atomic E-state index is 0. The number of carbonyl (C=O) groups excluding carboxylic acids is 1. The lowest BCUT2D eigenvalue weighted by atomic mass is 9.89. The molecule has 1 aromatic rings. The van der Waals surface area contributed by atoms with Crippen molar-refractivity contribution in [1.29, 1.82) is 0 Å². The summed E-state index contributed by atoms with van der Waals surface area (Å²) in [6.45, 7) is 6.60. The average molecular weight is 339 g/mol. The van der Waals surface area contributed by atoms with Gasteiger partial charge in [0.1, 0.15) is 0 Å². The fourth-order valence-corrected chi connectivity index (χ4v) is 3.58. The maximum absolute atomic E-state index is 12.8. The second kappa shape index (κ2) is 9.94. The number of hydrogen-bond donors (Lipinski definition) is 1. The van der Waals surface area contributed by atoms with E-state index in [4.69, 9.17) is 5.73 Å². The molecular formula is C19H31ClN2O. The predicted octanol–water partition coefficient (Wildman–Crippen LogP) is 3.83. The fourth-order valence-electron chi connectivity index (χ4n) is 3.58. The minimum Gasteiger partial charge on any atom is -0.341 e. The Morgan fingerprint density at radius 2 is 1.96 bits per heavy atom. The van der Waals surface area contributed by atoms with E-state index in [1.807, 2.05) is 6.07 Å². The molecule has 1 fully saturated rings. The molecule has 130 valence electrons. The van der Waals surface area contributed by atoms with E-state index in [1.54, 1.807) is 0 Å². The van der Waals surface area contributed by atoms with Crippen molar-refractivity contribution in [2.75, 3.05) is 19.6 Å². The number of amides is 1. The number of hydrogen-bond acceptors (Lipinski definition) is 2. The molecule has 2 N–H and O–H groups in total. The van der Waals surface area contributed by atoms with Crippen LogP contribution in [0.5, 0.6) is 0 Å². The number of nitrogens with two attached hydrogens (primary N) is 1. The van der Waals surface area contributed by atoms with Crippen LogP contribution in [0.1, 0.15) is 51.0 Å². The summed E-state index contributed by atoms with van der Waals surface area (Å²) >= 11 is 0. The highest BCUT2D eigenvalue weighted by atomic mass is 35.5. The number of halogens is 1. The maximum atomic E-state index is 12.8. The monoisotopic (exact) mass is 338 g/mol. The Hall–Kier alpha value is -1.06. The molecule has 2 rings (SSSR count). The summed E-state index contributed by atoms with van der Waals surface area (Å²) in [5.74, 6) is 1.30. The third-order valence-electron chi connectivity index (χ3n) is 5.03. The van der Waals surface area contributed by atoms with E-state index in [0.29, 0.717) is 24.3 Å². The lowest BCUT2D eigenvalue weighted by molar-refractivity contribution is -0.135. The molecule has 3 atom stereocenters. The number of likely N-dealkylation sites (tertiary alicyclic amines) is 1. The zero-order valence-corrected chi connectivity index (χ0v) is 15.2. The van der Waals surface area contributed by atoms with Crippen LogP contribution in [0.15, 0.2) is 30.3 Å². The molecule has 0 aromatic heterocycles. The molecule has 0 bridgehead atoms. The SMILES string of the molecule is CCCCC(CC)C(=O)N1C[C@@H](CN)[C@H](c2ccccc2)C1.Cl. The van der Waals surface area contributed by atoms with Gasteiger partial charge in [-0.1, -0.05) is 57.0 Å². The van der Waals surface area contributed by atoms with Crippen LogP contribution in [0.25, 0.3) is 0 Å². The molecular weight excluding hydrogens is 308 g/mol. The van der Waals surface area contributed by atoms with E-state index < -0.39 is 0 Å².